The summed E-state index contributed by atoms with van der Waals surface area (Å²) in [7, 11) is 1.49. The highest BCUT2D eigenvalue weighted by molar-refractivity contribution is 7.45. The predicted molar refractivity (Wildman–Crippen MR) is 167 cm³/mol. The average Bonchev–Trinajstić information content (AvgIpc) is 3.24. The van der Waals surface area contributed by atoms with Crippen LogP contribution in [0.25, 0.3) is 0 Å². The van der Waals surface area contributed by atoms with Crippen LogP contribution in [-0.2, 0) is 29.7 Å². The molecule has 2 atom stereocenters. The predicted octanol–water partition coefficient (Wildman–Crippen LogP) is 7.66. The fraction of sp³-hybridized carbons (Fsp3) is 0.906. The lowest BCUT2D eigenvalue weighted by Crippen LogP contribution is -2.37. The van der Waals surface area contributed by atoms with Crippen LogP contribution in [0.5, 0.6) is 0 Å². The quantitative estimate of drug-likeness (QED) is 0.0512. The Morgan fingerprint density at radius 2 is 1.31 bits per heavy atom. The molecule has 1 heterocycles. The van der Waals surface area contributed by atoms with Crippen LogP contribution >= 0.6 is 7.82 Å². The van der Waals surface area contributed by atoms with Gasteiger partial charge in [-0.05, 0) is 20.3 Å². The van der Waals surface area contributed by atoms with Gasteiger partial charge in [-0.25, -0.2) is 0 Å². The maximum absolute atomic E-state index is 12.3. The Bertz CT molecular complexity index is 809. The summed E-state index contributed by atoms with van der Waals surface area (Å²) < 4.78 is 40.1. The van der Waals surface area contributed by atoms with Crippen molar-refractivity contribution in [1.82, 2.24) is 5.16 Å². The van der Waals surface area contributed by atoms with Crippen LogP contribution in [0, 0.1) is 13.8 Å². The molecule has 0 spiro atoms. The maximum atomic E-state index is 12.3. The molecule has 248 valence electrons. The van der Waals surface area contributed by atoms with E-state index in [9.17, 15) is 9.46 Å². The van der Waals surface area contributed by atoms with E-state index in [0.717, 1.165) is 24.1 Å². The number of unbranched alkanes of at least 4 members (excludes halogenated alkanes) is 15. The Balaban J connectivity index is 2.22. The summed E-state index contributed by atoms with van der Waals surface area (Å²) in [6.45, 7) is 7.50. The lowest BCUT2D eigenvalue weighted by molar-refractivity contribution is -0.870. The summed E-state index contributed by atoms with van der Waals surface area (Å²) in [4.78, 5) is 12.3. The number of phosphoric ester groups is 1. The van der Waals surface area contributed by atoms with E-state index in [0.29, 0.717) is 30.0 Å². The summed E-state index contributed by atoms with van der Waals surface area (Å²) in [5, 5.41) is 3.95. The van der Waals surface area contributed by atoms with E-state index in [1.165, 1.54) is 89.9 Å². The molecule has 0 fully saturated rings. The largest absolute Gasteiger partial charge is 0.756 e. The first-order valence-corrected chi connectivity index (χ1v) is 18.0. The van der Waals surface area contributed by atoms with Gasteiger partial charge < -0.3 is 32.4 Å². The SMILES string of the molecule is CCCCCCCCCCCCCCCCCCOC(COCc1c(C)noc1C)COP(=O)([O-])OCC[N+](C)(C)C. The smallest absolute Gasteiger partial charge is 0.268 e. The van der Waals surface area contributed by atoms with Crippen LogP contribution < -0.4 is 4.89 Å². The van der Waals surface area contributed by atoms with E-state index >= 15 is 0 Å². The highest BCUT2D eigenvalue weighted by Crippen LogP contribution is 2.38. The van der Waals surface area contributed by atoms with Crippen LogP contribution in [0.2, 0.25) is 0 Å². The molecule has 0 aliphatic heterocycles. The van der Waals surface area contributed by atoms with E-state index < -0.39 is 13.9 Å². The fourth-order valence-corrected chi connectivity index (χ4v) is 5.41. The number of rotatable bonds is 29. The Kier molecular flexibility index (Phi) is 22.0. The van der Waals surface area contributed by atoms with E-state index in [1.807, 2.05) is 35.0 Å². The van der Waals surface area contributed by atoms with E-state index in [4.69, 9.17) is 23.0 Å². The maximum Gasteiger partial charge on any atom is 0.268 e. The number of nitrogens with zero attached hydrogens (tertiary/aromatic N) is 2. The monoisotopic (exact) mass is 618 g/mol. The number of likely N-dealkylation sites (N-methyl/N-ethyl adjacent to an activating group) is 1. The van der Waals surface area contributed by atoms with Crippen molar-refractivity contribution in [1.29, 1.82) is 0 Å². The molecule has 0 aliphatic rings. The number of quaternary nitrogens is 1. The normalized spacial score (nSPS) is 14.4. The standard InChI is InChI=1S/C32H63N2O7P/c1-7-8-9-10-11-12-13-14-15-16-17-18-19-20-21-22-24-38-31(26-37-28-32-29(2)33-41-30(32)3)27-40-42(35,36)39-25-23-34(4,5)6/h31H,7-28H2,1-6H3. The molecule has 0 saturated carbocycles. The zero-order chi connectivity index (χ0) is 31.1. The molecular weight excluding hydrogens is 555 g/mol. The zero-order valence-electron chi connectivity index (χ0n) is 27.8. The Hall–Kier alpha value is -0.800. The third-order valence-corrected chi connectivity index (χ3v) is 8.48. The minimum Gasteiger partial charge on any atom is -0.756 e. The van der Waals surface area contributed by atoms with Gasteiger partial charge >= 0.3 is 0 Å². The molecule has 1 aromatic heterocycles. The molecule has 0 radical (unpaired) electrons. The van der Waals surface area contributed by atoms with Crippen molar-refractivity contribution in [3.8, 4) is 0 Å². The van der Waals surface area contributed by atoms with Crippen molar-refractivity contribution in [2.75, 3.05) is 54.1 Å². The van der Waals surface area contributed by atoms with E-state index in [2.05, 4.69) is 12.1 Å². The average molecular weight is 619 g/mol. The van der Waals surface area contributed by atoms with Gasteiger partial charge in [-0.2, -0.15) is 0 Å². The first-order valence-electron chi connectivity index (χ1n) is 16.6. The number of hydrogen-bond acceptors (Lipinski definition) is 8. The van der Waals surface area contributed by atoms with Gasteiger partial charge in [0.05, 0.1) is 46.7 Å². The van der Waals surface area contributed by atoms with Gasteiger partial charge in [0, 0.05) is 12.2 Å². The fourth-order valence-electron chi connectivity index (χ4n) is 4.68. The van der Waals surface area contributed by atoms with Gasteiger partial charge in [-0.1, -0.05) is 108 Å². The molecule has 1 aromatic rings. The van der Waals surface area contributed by atoms with Crippen LogP contribution in [-0.4, -0.2) is 69.9 Å². The van der Waals surface area contributed by atoms with Crippen molar-refractivity contribution < 1.29 is 37.0 Å². The number of aryl methyl sites for hydroxylation is 2. The van der Waals surface area contributed by atoms with E-state index in [1.54, 1.807) is 0 Å². The third-order valence-electron chi connectivity index (χ3n) is 7.51. The molecule has 0 aliphatic carbocycles. The van der Waals surface area contributed by atoms with Gasteiger partial charge in [0.1, 0.15) is 25.0 Å². The highest BCUT2D eigenvalue weighted by Gasteiger charge is 2.18. The number of aromatic nitrogens is 1. The summed E-state index contributed by atoms with van der Waals surface area (Å²) in [6, 6.07) is 0. The lowest BCUT2D eigenvalue weighted by atomic mass is 10.0. The second kappa shape index (κ2) is 23.6. The van der Waals surface area contributed by atoms with Crippen molar-refractivity contribution in [2.45, 2.75) is 136 Å². The highest BCUT2D eigenvalue weighted by atomic mass is 31.2. The van der Waals surface area contributed by atoms with Gasteiger partial charge in [0.2, 0.25) is 0 Å². The van der Waals surface area contributed by atoms with Crippen molar-refractivity contribution >= 4 is 7.82 Å². The summed E-state index contributed by atoms with van der Waals surface area (Å²) in [5.74, 6) is 0.712. The lowest BCUT2D eigenvalue weighted by Gasteiger charge is -2.28. The molecule has 0 bridgehead atoms. The molecule has 0 saturated heterocycles. The summed E-state index contributed by atoms with van der Waals surface area (Å²) in [5.41, 5.74) is 1.68. The van der Waals surface area contributed by atoms with Crippen LogP contribution in [0.15, 0.2) is 4.52 Å². The first-order chi connectivity index (χ1) is 20.0. The number of phosphoric acid groups is 1. The Morgan fingerprint density at radius 3 is 1.79 bits per heavy atom. The van der Waals surface area contributed by atoms with Crippen LogP contribution in [0.1, 0.15) is 127 Å². The second-order valence-electron chi connectivity index (χ2n) is 12.7. The first kappa shape index (κ1) is 39.2. The van der Waals surface area contributed by atoms with Gasteiger partial charge in [-0.15, -0.1) is 0 Å². The van der Waals surface area contributed by atoms with Crippen molar-refractivity contribution in [2.24, 2.45) is 0 Å². The molecule has 42 heavy (non-hydrogen) atoms. The van der Waals surface area contributed by atoms with Crippen molar-refractivity contribution in [3.05, 3.63) is 17.0 Å². The molecule has 2 unspecified atom stereocenters. The molecule has 9 nitrogen and oxygen atoms in total. The Morgan fingerprint density at radius 1 is 0.786 bits per heavy atom. The zero-order valence-corrected chi connectivity index (χ0v) is 28.7. The van der Waals surface area contributed by atoms with E-state index in [-0.39, 0.29) is 19.8 Å². The minimum atomic E-state index is -4.43. The van der Waals surface area contributed by atoms with Gasteiger partial charge in [0.15, 0.2) is 0 Å². The second-order valence-corrected chi connectivity index (χ2v) is 14.1. The number of ether oxygens (including phenoxy) is 2. The third kappa shape index (κ3) is 21.8. The summed E-state index contributed by atoms with van der Waals surface area (Å²) >= 11 is 0. The topological polar surface area (TPSA) is 103 Å². The molecule has 0 N–H and O–H groups in total. The minimum absolute atomic E-state index is 0.0670. The van der Waals surface area contributed by atoms with Crippen LogP contribution in [0.3, 0.4) is 0 Å². The van der Waals surface area contributed by atoms with Gasteiger partial charge in [-0.3, -0.25) is 4.57 Å². The molecule has 0 aromatic carbocycles. The van der Waals surface area contributed by atoms with Gasteiger partial charge in [0.25, 0.3) is 7.82 Å². The van der Waals surface area contributed by atoms with Crippen molar-refractivity contribution in [3.63, 3.8) is 0 Å². The Labute approximate surface area is 257 Å². The molecule has 1 rings (SSSR count). The summed E-state index contributed by atoms with van der Waals surface area (Å²) in [6.07, 6.45) is 20.5. The molecular formula is C32H63N2O7P. The number of hydrogen-bond donors (Lipinski definition) is 0. The molecule has 10 heteroatoms. The van der Waals surface area contributed by atoms with Crippen LogP contribution in [0.4, 0.5) is 0 Å². The molecule has 0 amide bonds.